The minimum atomic E-state index is -3.25. The van der Waals surface area contributed by atoms with Crippen molar-refractivity contribution < 1.29 is 22.4 Å². The molecular weight excluding hydrogens is 556 g/mol. The van der Waals surface area contributed by atoms with Gasteiger partial charge in [-0.1, -0.05) is 13.8 Å². The van der Waals surface area contributed by atoms with E-state index in [0.29, 0.717) is 28.4 Å². The Morgan fingerprint density at radius 1 is 1.35 bits per heavy atom. The molecule has 0 atom stereocenters. The molecule has 31 heavy (non-hydrogen) atoms. The number of amides is 2. The molecule has 0 radical (unpaired) electrons. The third-order valence-electron chi connectivity index (χ3n) is 4.76. The number of rotatable bonds is 6. The second kappa shape index (κ2) is 9.02. The summed E-state index contributed by atoms with van der Waals surface area (Å²) < 4.78 is 38.0. The van der Waals surface area contributed by atoms with Gasteiger partial charge in [0.05, 0.1) is 21.9 Å². The number of hydrogen-bond acceptors (Lipinski definition) is 6. The van der Waals surface area contributed by atoms with Gasteiger partial charge < -0.3 is 16.0 Å². The first-order valence-electron chi connectivity index (χ1n) is 9.48. The Labute approximate surface area is 198 Å². The molecule has 0 unspecified atom stereocenters. The molecule has 1 aromatic carbocycles. The molecule has 1 aliphatic heterocycles. The summed E-state index contributed by atoms with van der Waals surface area (Å²) in [5.41, 5.74) is 0.711. The Morgan fingerprint density at radius 3 is 2.71 bits per heavy atom. The van der Waals surface area contributed by atoms with Crippen molar-refractivity contribution in [3.8, 4) is 0 Å². The molecule has 0 bridgehead atoms. The van der Waals surface area contributed by atoms with E-state index in [-0.39, 0.29) is 34.9 Å². The van der Waals surface area contributed by atoms with Crippen LogP contribution in [0.5, 0.6) is 0 Å². The van der Waals surface area contributed by atoms with E-state index >= 15 is 0 Å². The highest BCUT2D eigenvalue weighted by Gasteiger charge is 2.34. The van der Waals surface area contributed by atoms with Crippen LogP contribution in [-0.4, -0.2) is 45.3 Å². The molecule has 1 aromatic heterocycles. The zero-order chi connectivity index (χ0) is 23.0. The fraction of sp³-hybridized carbons (Fsp3) is 0.400. The predicted molar refractivity (Wildman–Crippen MR) is 129 cm³/mol. The van der Waals surface area contributed by atoms with Crippen LogP contribution in [0.3, 0.4) is 0 Å². The third kappa shape index (κ3) is 5.95. The maximum absolute atomic E-state index is 14.4. The molecule has 3 rings (SSSR count). The average molecular weight is 579 g/mol. The number of carbonyl (C=O) groups excluding carboxylic acids is 2. The number of hydrogen-bond donors (Lipinski definition) is 3. The van der Waals surface area contributed by atoms with Gasteiger partial charge in [0, 0.05) is 22.9 Å². The minimum Gasteiger partial charge on any atom is -0.351 e. The fourth-order valence-electron chi connectivity index (χ4n) is 3.24. The van der Waals surface area contributed by atoms with Crippen molar-refractivity contribution in [2.24, 2.45) is 5.41 Å². The SMILES string of the molecule is CC1(C)CNC(=O)c2sc(Nc3ccc(I)cc3F)c(C(=O)NCCS(C)(=O)=O)c2C1. The monoisotopic (exact) mass is 579 g/mol. The Kier molecular flexibility index (Phi) is 6.96. The van der Waals surface area contributed by atoms with Crippen molar-refractivity contribution in [3.05, 3.63) is 43.6 Å². The molecule has 11 heteroatoms. The van der Waals surface area contributed by atoms with Crippen LogP contribution in [0.15, 0.2) is 18.2 Å². The van der Waals surface area contributed by atoms with Gasteiger partial charge in [0.15, 0.2) is 0 Å². The van der Waals surface area contributed by atoms with E-state index in [1.807, 2.05) is 36.4 Å². The van der Waals surface area contributed by atoms with E-state index in [1.54, 1.807) is 12.1 Å². The number of fused-ring (bicyclic) bond motifs is 1. The summed E-state index contributed by atoms with van der Waals surface area (Å²) >= 11 is 3.09. The lowest BCUT2D eigenvalue weighted by Gasteiger charge is -2.22. The summed E-state index contributed by atoms with van der Waals surface area (Å²) in [6.07, 6.45) is 1.55. The Morgan fingerprint density at radius 2 is 2.06 bits per heavy atom. The van der Waals surface area contributed by atoms with Crippen LogP contribution < -0.4 is 16.0 Å². The molecule has 0 fully saturated rings. The van der Waals surface area contributed by atoms with Gasteiger partial charge in [0.2, 0.25) is 0 Å². The molecule has 0 spiro atoms. The molecule has 0 aliphatic carbocycles. The van der Waals surface area contributed by atoms with Crippen molar-refractivity contribution in [2.75, 3.05) is 30.4 Å². The highest BCUT2D eigenvalue weighted by molar-refractivity contribution is 14.1. The number of thiophene rings is 1. The Hall–Kier alpha value is -1.73. The van der Waals surface area contributed by atoms with Crippen LogP contribution in [0.4, 0.5) is 15.1 Å². The quantitative estimate of drug-likeness (QED) is 0.456. The molecule has 2 amide bonds. The summed E-state index contributed by atoms with van der Waals surface area (Å²) in [4.78, 5) is 26.1. The van der Waals surface area contributed by atoms with Gasteiger partial charge in [-0.15, -0.1) is 11.3 Å². The van der Waals surface area contributed by atoms with E-state index < -0.39 is 21.6 Å². The first-order valence-corrected chi connectivity index (χ1v) is 13.4. The summed E-state index contributed by atoms with van der Waals surface area (Å²) in [7, 11) is -3.25. The molecule has 2 aromatic rings. The van der Waals surface area contributed by atoms with Crippen molar-refractivity contribution in [1.29, 1.82) is 0 Å². The van der Waals surface area contributed by atoms with E-state index in [9.17, 15) is 22.4 Å². The van der Waals surface area contributed by atoms with Gasteiger partial charge in [-0.2, -0.15) is 0 Å². The molecule has 1 aliphatic rings. The van der Waals surface area contributed by atoms with Crippen LogP contribution in [-0.2, 0) is 16.3 Å². The van der Waals surface area contributed by atoms with Gasteiger partial charge in [0.1, 0.15) is 20.7 Å². The number of anilines is 2. The molecule has 3 N–H and O–H groups in total. The van der Waals surface area contributed by atoms with Gasteiger partial charge in [-0.3, -0.25) is 9.59 Å². The Bertz CT molecular complexity index is 1150. The smallest absolute Gasteiger partial charge is 0.261 e. The van der Waals surface area contributed by atoms with Gasteiger partial charge in [0.25, 0.3) is 11.8 Å². The third-order valence-corrected chi connectivity index (χ3v) is 7.52. The Balaban J connectivity index is 2.04. The van der Waals surface area contributed by atoms with Crippen molar-refractivity contribution in [1.82, 2.24) is 10.6 Å². The summed E-state index contributed by atoms with van der Waals surface area (Å²) in [6.45, 7) is 4.36. The number of carbonyl (C=O) groups is 2. The first kappa shape index (κ1) is 23.9. The number of benzene rings is 1. The lowest BCUT2D eigenvalue weighted by Crippen LogP contribution is -2.32. The lowest BCUT2D eigenvalue weighted by molar-refractivity contribution is 0.0945. The van der Waals surface area contributed by atoms with Crippen molar-refractivity contribution in [2.45, 2.75) is 20.3 Å². The largest absolute Gasteiger partial charge is 0.351 e. The maximum atomic E-state index is 14.4. The van der Waals surface area contributed by atoms with E-state index in [2.05, 4.69) is 16.0 Å². The van der Waals surface area contributed by atoms with Crippen molar-refractivity contribution >= 4 is 66.3 Å². The van der Waals surface area contributed by atoms with Crippen LogP contribution in [0, 0.1) is 14.8 Å². The van der Waals surface area contributed by atoms with E-state index in [0.717, 1.165) is 21.2 Å². The van der Waals surface area contributed by atoms with Crippen LogP contribution in [0.2, 0.25) is 0 Å². The van der Waals surface area contributed by atoms with E-state index in [4.69, 9.17) is 0 Å². The summed E-state index contributed by atoms with van der Waals surface area (Å²) in [5.74, 6) is -1.47. The molecule has 0 saturated heterocycles. The topological polar surface area (TPSA) is 104 Å². The van der Waals surface area contributed by atoms with Crippen LogP contribution in [0.25, 0.3) is 0 Å². The fourth-order valence-corrected chi connectivity index (χ4v) is 5.31. The van der Waals surface area contributed by atoms with Gasteiger partial charge >= 0.3 is 0 Å². The molecule has 2 heterocycles. The van der Waals surface area contributed by atoms with Crippen LogP contribution in [0.1, 0.15) is 39.4 Å². The van der Waals surface area contributed by atoms with Crippen LogP contribution >= 0.6 is 33.9 Å². The number of sulfone groups is 1. The second-order valence-electron chi connectivity index (χ2n) is 8.27. The highest BCUT2D eigenvalue weighted by atomic mass is 127. The maximum Gasteiger partial charge on any atom is 0.261 e. The first-order chi connectivity index (χ1) is 14.4. The number of nitrogens with one attached hydrogen (secondary N) is 3. The highest BCUT2D eigenvalue weighted by Crippen LogP contribution is 2.40. The molecule has 168 valence electrons. The second-order valence-corrected chi connectivity index (χ2v) is 12.8. The average Bonchev–Trinajstić information content (AvgIpc) is 2.93. The minimum absolute atomic E-state index is 0.0603. The zero-order valence-corrected chi connectivity index (χ0v) is 21.1. The standard InChI is InChI=1S/C20H23FIN3O4S2/c1-20(2)9-12-15(17(26)23-6-7-31(3,28)29)19(30-16(12)18(27)24-10-20)25-14-5-4-11(22)8-13(14)21/h4-5,8,25H,6-7,9-10H2,1-3H3,(H,23,26)(H,24,27). The molecular formula is C20H23FIN3O4S2. The lowest BCUT2D eigenvalue weighted by atomic mass is 9.85. The summed E-state index contributed by atoms with van der Waals surface area (Å²) in [6, 6.07) is 4.66. The predicted octanol–water partition coefficient (Wildman–Crippen LogP) is 3.32. The van der Waals surface area contributed by atoms with E-state index in [1.165, 1.54) is 6.07 Å². The number of halogens is 2. The molecule has 7 nitrogen and oxygen atoms in total. The van der Waals surface area contributed by atoms with Crippen molar-refractivity contribution in [3.63, 3.8) is 0 Å². The zero-order valence-electron chi connectivity index (χ0n) is 17.3. The molecule has 0 saturated carbocycles. The van der Waals surface area contributed by atoms with Gasteiger partial charge in [-0.05, 0) is 58.2 Å². The normalized spacial score (nSPS) is 15.6. The van der Waals surface area contributed by atoms with Gasteiger partial charge in [-0.25, -0.2) is 12.8 Å². The summed E-state index contributed by atoms with van der Waals surface area (Å²) in [5, 5.41) is 8.80.